The molecule has 2 heterocycles. The van der Waals surface area contributed by atoms with E-state index in [4.69, 9.17) is 4.74 Å². The number of rotatable bonds is 7. The standard InChI is InChI=1S/C16H23N5OS/c1-4-18-16(20-11-15-12(2)21-13(3)23-15)19-8-9-22-14-6-5-7-17-10-14/h5-7,10H,4,8-9,11H2,1-3H3,(H2,18,19,20). The van der Waals surface area contributed by atoms with Gasteiger partial charge in [-0.15, -0.1) is 11.3 Å². The molecule has 124 valence electrons. The van der Waals surface area contributed by atoms with Gasteiger partial charge >= 0.3 is 0 Å². The highest BCUT2D eigenvalue weighted by atomic mass is 32.1. The Morgan fingerprint density at radius 2 is 2.22 bits per heavy atom. The van der Waals surface area contributed by atoms with Crippen LogP contribution < -0.4 is 15.4 Å². The van der Waals surface area contributed by atoms with E-state index in [-0.39, 0.29) is 0 Å². The Balaban J connectivity index is 1.81. The first-order valence-electron chi connectivity index (χ1n) is 7.67. The zero-order valence-corrected chi connectivity index (χ0v) is 14.6. The van der Waals surface area contributed by atoms with E-state index in [0.717, 1.165) is 29.0 Å². The van der Waals surface area contributed by atoms with Gasteiger partial charge in [-0.1, -0.05) is 0 Å². The van der Waals surface area contributed by atoms with Crippen molar-refractivity contribution in [3.8, 4) is 5.75 Å². The van der Waals surface area contributed by atoms with Crippen molar-refractivity contribution in [2.45, 2.75) is 27.3 Å². The lowest BCUT2D eigenvalue weighted by molar-refractivity contribution is 0.320. The van der Waals surface area contributed by atoms with Crippen molar-refractivity contribution in [1.82, 2.24) is 20.6 Å². The second-order valence-electron chi connectivity index (χ2n) is 4.90. The minimum Gasteiger partial charge on any atom is -0.490 e. The number of ether oxygens (including phenoxy) is 1. The van der Waals surface area contributed by atoms with Crippen molar-refractivity contribution >= 4 is 17.3 Å². The molecule has 2 aromatic heterocycles. The third-order valence-corrected chi connectivity index (χ3v) is 4.08. The fourth-order valence-corrected chi connectivity index (χ4v) is 2.85. The number of aromatic nitrogens is 2. The predicted octanol–water partition coefficient (Wildman–Crippen LogP) is 2.29. The Morgan fingerprint density at radius 1 is 1.35 bits per heavy atom. The van der Waals surface area contributed by atoms with Crippen LogP contribution in [-0.2, 0) is 6.54 Å². The summed E-state index contributed by atoms with van der Waals surface area (Å²) < 4.78 is 5.60. The van der Waals surface area contributed by atoms with Crippen LogP contribution in [0, 0.1) is 13.8 Å². The molecule has 2 N–H and O–H groups in total. The van der Waals surface area contributed by atoms with Gasteiger partial charge in [0.1, 0.15) is 12.4 Å². The molecule has 0 spiro atoms. The van der Waals surface area contributed by atoms with Gasteiger partial charge in [-0.3, -0.25) is 4.98 Å². The largest absolute Gasteiger partial charge is 0.490 e. The molecule has 7 heteroatoms. The average Bonchev–Trinajstić information content (AvgIpc) is 2.87. The molecule has 0 atom stereocenters. The molecule has 0 bridgehead atoms. The minimum absolute atomic E-state index is 0.550. The highest BCUT2D eigenvalue weighted by Crippen LogP contribution is 2.17. The van der Waals surface area contributed by atoms with Crippen LogP contribution in [-0.4, -0.2) is 35.6 Å². The number of pyridine rings is 1. The van der Waals surface area contributed by atoms with Crippen LogP contribution in [0.25, 0.3) is 0 Å². The topological polar surface area (TPSA) is 71.4 Å². The van der Waals surface area contributed by atoms with E-state index in [1.807, 2.05) is 32.9 Å². The van der Waals surface area contributed by atoms with Gasteiger partial charge in [0.2, 0.25) is 0 Å². The van der Waals surface area contributed by atoms with Crippen LogP contribution in [0.5, 0.6) is 5.75 Å². The molecular weight excluding hydrogens is 310 g/mol. The highest BCUT2D eigenvalue weighted by Gasteiger charge is 2.04. The van der Waals surface area contributed by atoms with Gasteiger partial charge in [-0.2, -0.15) is 0 Å². The fraction of sp³-hybridized carbons (Fsp3) is 0.438. The lowest BCUT2D eigenvalue weighted by atomic mass is 10.4. The summed E-state index contributed by atoms with van der Waals surface area (Å²) in [4.78, 5) is 14.2. The molecule has 0 aliphatic heterocycles. The lowest BCUT2D eigenvalue weighted by Gasteiger charge is -2.11. The third-order valence-electron chi connectivity index (χ3n) is 3.02. The van der Waals surface area contributed by atoms with Crippen molar-refractivity contribution < 1.29 is 4.74 Å². The summed E-state index contributed by atoms with van der Waals surface area (Å²) in [6.45, 7) is 8.76. The van der Waals surface area contributed by atoms with E-state index in [0.29, 0.717) is 19.7 Å². The Bertz CT molecular complexity index is 627. The van der Waals surface area contributed by atoms with E-state index in [1.165, 1.54) is 4.88 Å². The van der Waals surface area contributed by atoms with Crippen LogP contribution in [0.2, 0.25) is 0 Å². The summed E-state index contributed by atoms with van der Waals surface area (Å²) >= 11 is 1.69. The summed E-state index contributed by atoms with van der Waals surface area (Å²) in [6.07, 6.45) is 3.43. The van der Waals surface area contributed by atoms with Crippen molar-refractivity contribution in [3.63, 3.8) is 0 Å². The zero-order chi connectivity index (χ0) is 16.5. The highest BCUT2D eigenvalue weighted by molar-refractivity contribution is 7.11. The number of aryl methyl sites for hydroxylation is 2. The molecule has 0 saturated carbocycles. The second-order valence-corrected chi connectivity index (χ2v) is 6.19. The Morgan fingerprint density at radius 3 is 2.87 bits per heavy atom. The van der Waals surface area contributed by atoms with Crippen LogP contribution in [0.15, 0.2) is 29.5 Å². The first-order valence-corrected chi connectivity index (χ1v) is 8.48. The number of hydrogen-bond acceptors (Lipinski definition) is 5. The number of nitrogens with one attached hydrogen (secondary N) is 2. The monoisotopic (exact) mass is 333 g/mol. The van der Waals surface area contributed by atoms with Gasteiger partial charge in [-0.25, -0.2) is 9.98 Å². The predicted molar refractivity (Wildman–Crippen MR) is 94.1 cm³/mol. The third kappa shape index (κ3) is 5.86. The number of aliphatic imine (C=N–C) groups is 1. The SMILES string of the molecule is CCNC(=NCc1sc(C)nc1C)NCCOc1cccnc1. The number of guanidine groups is 1. The minimum atomic E-state index is 0.550. The molecule has 0 amide bonds. The van der Waals surface area contributed by atoms with E-state index in [9.17, 15) is 0 Å². The molecule has 0 aliphatic carbocycles. The van der Waals surface area contributed by atoms with Gasteiger partial charge < -0.3 is 15.4 Å². The molecule has 0 fully saturated rings. The maximum absolute atomic E-state index is 5.60. The summed E-state index contributed by atoms with van der Waals surface area (Å²) in [7, 11) is 0. The summed E-state index contributed by atoms with van der Waals surface area (Å²) in [6, 6.07) is 3.74. The van der Waals surface area contributed by atoms with Gasteiger partial charge in [-0.05, 0) is 32.9 Å². The number of nitrogens with zero attached hydrogens (tertiary/aromatic N) is 3. The molecule has 0 aromatic carbocycles. The molecule has 2 aromatic rings. The fourth-order valence-electron chi connectivity index (χ4n) is 1.98. The number of hydrogen-bond donors (Lipinski definition) is 2. The van der Waals surface area contributed by atoms with Crippen LogP contribution >= 0.6 is 11.3 Å². The summed E-state index contributed by atoms with van der Waals surface area (Å²) in [5, 5.41) is 7.58. The van der Waals surface area contributed by atoms with Gasteiger partial charge in [0.05, 0.1) is 30.0 Å². The molecule has 23 heavy (non-hydrogen) atoms. The zero-order valence-electron chi connectivity index (χ0n) is 13.8. The summed E-state index contributed by atoms with van der Waals surface area (Å²) in [5.74, 6) is 1.56. The van der Waals surface area contributed by atoms with E-state index < -0.39 is 0 Å². The van der Waals surface area contributed by atoms with Crippen LogP contribution in [0.3, 0.4) is 0 Å². The van der Waals surface area contributed by atoms with E-state index in [1.54, 1.807) is 23.7 Å². The molecule has 0 aliphatic rings. The molecule has 2 rings (SSSR count). The van der Waals surface area contributed by atoms with Crippen LogP contribution in [0.1, 0.15) is 22.5 Å². The van der Waals surface area contributed by atoms with Gasteiger partial charge in [0.25, 0.3) is 0 Å². The first-order chi connectivity index (χ1) is 11.2. The maximum Gasteiger partial charge on any atom is 0.191 e. The van der Waals surface area contributed by atoms with Gasteiger partial charge in [0.15, 0.2) is 5.96 Å². The van der Waals surface area contributed by atoms with Gasteiger partial charge in [0, 0.05) is 17.6 Å². The van der Waals surface area contributed by atoms with Crippen LogP contribution in [0.4, 0.5) is 0 Å². The normalized spacial score (nSPS) is 11.3. The van der Waals surface area contributed by atoms with Crippen molar-refractivity contribution in [2.24, 2.45) is 4.99 Å². The number of thiazole rings is 1. The van der Waals surface area contributed by atoms with E-state index >= 15 is 0 Å². The smallest absolute Gasteiger partial charge is 0.191 e. The Hall–Kier alpha value is -2.15. The molecule has 0 saturated heterocycles. The Labute approximate surface area is 141 Å². The quantitative estimate of drug-likeness (QED) is 0.462. The lowest BCUT2D eigenvalue weighted by Crippen LogP contribution is -2.39. The maximum atomic E-state index is 5.60. The Kier molecular flexibility index (Phi) is 6.80. The second kappa shape index (κ2) is 9.09. The van der Waals surface area contributed by atoms with Crippen molar-refractivity contribution in [1.29, 1.82) is 0 Å². The molecule has 0 unspecified atom stereocenters. The summed E-state index contributed by atoms with van der Waals surface area (Å²) in [5.41, 5.74) is 1.06. The molecule has 0 radical (unpaired) electrons. The average molecular weight is 333 g/mol. The van der Waals surface area contributed by atoms with E-state index in [2.05, 4.69) is 25.6 Å². The molecule has 6 nitrogen and oxygen atoms in total. The van der Waals surface area contributed by atoms with Crippen molar-refractivity contribution in [3.05, 3.63) is 40.1 Å². The first kappa shape index (κ1) is 17.2. The van der Waals surface area contributed by atoms with Crippen molar-refractivity contribution in [2.75, 3.05) is 19.7 Å². The molecular formula is C16H23N5OS.